The van der Waals surface area contributed by atoms with Gasteiger partial charge < -0.3 is 14.2 Å². The van der Waals surface area contributed by atoms with Gasteiger partial charge in [0.05, 0.1) is 18.4 Å². The summed E-state index contributed by atoms with van der Waals surface area (Å²) in [4.78, 5) is 2.19. The van der Waals surface area contributed by atoms with Crippen LogP contribution in [0.25, 0.3) is 0 Å². The molecule has 0 radical (unpaired) electrons. The summed E-state index contributed by atoms with van der Waals surface area (Å²) in [6, 6.07) is 15.0. The second-order valence-corrected chi connectivity index (χ2v) is 10.1. The van der Waals surface area contributed by atoms with Crippen LogP contribution in [0.2, 0.25) is 0 Å². The molecule has 0 aromatic heterocycles. The molecule has 29 heavy (non-hydrogen) atoms. The van der Waals surface area contributed by atoms with Gasteiger partial charge in [-0.05, 0) is 41.0 Å². The molecular formula is C25H33NO3. The lowest BCUT2D eigenvalue weighted by Gasteiger charge is -2.28. The standard InChI is InChI=1S/C25H33NO3/c1-24(2,3)17-14-20(25(4,5)6)22-21(15-17)26(18-10-8-7-9-11-18)23(29-22)28-19-12-13-27-16-19/h7-11,14-15,19,23H,12-13,16H2,1-6H3/t19?,23-/m0/s1. The molecule has 4 heteroatoms. The summed E-state index contributed by atoms with van der Waals surface area (Å²) < 4.78 is 18.4. The van der Waals surface area contributed by atoms with Crippen LogP contribution in [-0.4, -0.2) is 25.7 Å². The van der Waals surface area contributed by atoms with Gasteiger partial charge in [-0.3, -0.25) is 4.90 Å². The Balaban J connectivity index is 1.85. The average Bonchev–Trinajstić information content (AvgIpc) is 3.27. The Bertz CT molecular complexity index is 858. The van der Waals surface area contributed by atoms with Crippen LogP contribution in [0.3, 0.4) is 0 Å². The number of para-hydroxylation sites is 1. The van der Waals surface area contributed by atoms with E-state index >= 15 is 0 Å². The third-order valence-electron chi connectivity index (χ3n) is 5.66. The highest BCUT2D eigenvalue weighted by Gasteiger charge is 2.40. The van der Waals surface area contributed by atoms with E-state index in [4.69, 9.17) is 14.2 Å². The first-order valence-electron chi connectivity index (χ1n) is 10.6. The minimum Gasteiger partial charge on any atom is -0.444 e. The molecule has 1 fully saturated rings. The molecule has 0 amide bonds. The Morgan fingerprint density at radius 2 is 1.69 bits per heavy atom. The molecule has 0 aliphatic carbocycles. The molecule has 1 saturated heterocycles. The van der Waals surface area contributed by atoms with Gasteiger partial charge in [0, 0.05) is 17.9 Å². The van der Waals surface area contributed by atoms with Crippen LogP contribution in [0.4, 0.5) is 11.4 Å². The van der Waals surface area contributed by atoms with Gasteiger partial charge in [0.2, 0.25) is 0 Å². The molecule has 2 aromatic rings. The van der Waals surface area contributed by atoms with Gasteiger partial charge in [-0.15, -0.1) is 0 Å². The zero-order valence-electron chi connectivity index (χ0n) is 18.5. The van der Waals surface area contributed by atoms with Crippen molar-refractivity contribution in [2.24, 2.45) is 0 Å². The van der Waals surface area contributed by atoms with Gasteiger partial charge in [0.1, 0.15) is 0 Å². The summed E-state index contributed by atoms with van der Waals surface area (Å²) >= 11 is 0. The normalized spacial score (nSPS) is 21.9. The Kier molecular flexibility index (Phi) is 5.12. The lowest BCUT2D eigenvalue weighted by Crippen LogP contribution is -2.37. The molecule has 2 atom stereocenters. The first-order chi connectivity index (χ1) is 13.6. The maximum absolute atomic E-state index is 6.51. The van der Waals surface area contributed by atoms with E-state index in [2.05, 4.69) is 82.8 Å². The maximum Gasteiger partial charge on any atom is 0.288 e. The SMILES string of the molecule is CC(C)(C)c1cc2c(c(C(C)(C)C)c1)O[C@H](OC1CCOC1)N2c1ccccc1. The van der Waals surface area contributed by atoms with Crippen LogP contribution in [0.1, 0.15) is 59.1 Å². The minimum absolute atomic E-state index is 0.0373. The molecule has 0 bridgehead atoms. The van der Waals surface area contributed by atoms with Gasteiger partial charge in [0.25, 0.3) is 6.41 Å². The van der Waals surface area contributed by atoms with Gasteiger partial charge in [-0.2, -0.15) is 0 Å². The van der Waals surface area contributed by atoms with E-state index in [0.29, 0.717) is 6.61 Å². The molecular weight excluding hydrogens is 362 g/mol. The Hall–Kier alpha value is -2.04. The Labute approximate surface area is 174 Å². The van der Waals surface area contributed by atoms with Crippen LogP contribution in [0, 0.1) is 0 Å². The van der Waals surface area contributed by atoms with Crippen molar-refractivity contribution in [3.8, 4) is 5.75 Å². The summed E-state index contributed by atoms with van der Waals surface area (Å²) in [6.45, 7) is 14.9. The first kappa shape index (κ1) is 20.2. The molecule has 4 nitrogen and oxygen atoms in total. The van der Waals surface area contributed by atoms with Crippen molar-refractivity contribution >= 4 is 11.4 Å². The van der Waals surface area contributed by atoms with Crippen molar-refractivity contribution in [2.75, 3.05) is 18.1 Å². The van der Waals surface area contributed by atoms with Crippen molar-refractivity contribution in [1.82, 2.24) is 0 Å². The molecule has 0 saturated carbocycles. The molecule has 1 unspecified atom stereocenters. The van der Waals surface area contributed by atoms with Crippen LogP contribution < -0.4 is 9.64 Å². The lowest BCUT2D eigenvalue weighted by atomic mass is 9.79. The molecule has 0 N–H and O–H groups in total. The van der Waals surface area contributed by atoms with Crippen molar-refractivity contribution in [1.29, 1.82) is 0 Å². The predicted molar refractivity (Wildman–Crippen MR) is 117 cm³/mol. The van der Waals surface area contributed by atoms with Gasteiger partial charge >= 0.3 is 0 Å². The molecule has 4 rings (SSSR count). The highest BCUT2D eigenvalue weighted by atomic mass is 16.7. The van der Waals surface area contributed by atoms with Crippen molar-refractivity contribution < 1.29 is 14.2 Å². The van der Waals surface area contributed by atoms with E-state index < -0.39 is 6.41 Å². The summed E-state index contributed by atoms with van der Waals surface area (Å²) in [5.74, 6) is 0.929. The Morgan fingerprint density at radius 3 is 2.28 bits per heavy atom. The van der Waals surface area contributed by atoms with E-state index in [1.165, 1.54) is 11.1 Å². The first-order valence-corrected chi connectivity index (χ1v) is 10.6. The highest BCUT2D eigenvalue weighted by Crippen LogP contribution is 2.50. The summed E-state index contributed by atoms with van der Waals surface area (Å²) in [7, 11) is 0. The zero-order valence-corrected chi connectivity index (χ0v) is 18.5. The zero-order chi connectivity index (χ0) is 20.8. The smallest absolute Gasteiger partial charge is 0.288 e. The van der Waals surface area contributed by atoms with Crippen molar-refractivity contribution in [3.63, 3.8) is 0 Å². The van der Waals surface area contributed by atoms with Crippen molar-refractivity contribution in [3.05, 3.63) is 53.6 Å². The maximum atomic E-state index is 6.51. The monoisotopic (exact) mass is 395 g/mol. The highest BCUT2D eigenvalue weighted by molar-refractivity contribution is 5.76. The summed E-state index contributed by atoms with van der Waals surface area (Å²) in [6.07, 6.45) is 0.467. The van der Waals surface area contributed by atoms with Gasteiger partial charge in [0.15, 0.2) is 5.75 Å². The molecule has 156 valence electrons. The minimum atomic E-state index is -0.490. The Morgan fingerprint density at radius 1 is 0.966 bits per heavy atom. The molecule has 2 heterocycles. The van der Waals surface area contributed by atoms with Gasteiger partial charge in [-0.25, -0.2) is 0 Å². The largest absolute Gasteiger partial charge is 0.444 e. The van der Waals surface area contributed by atoms with E-state index in [1.54, 1.807) is 0 Å². The van der Waals surface area contributed by atoms with E-state index in [-0.39, 0.29) is 16.9 Å². The predicted octanol–water partition coefficient (Wildman–Crippen LogP) is 5.90. The van der Waals surface area contributed by atoms with Crippen LogP contribution in [0.5, 0.6) is 5.75 Å². The number of hydrogen-bond acceptors (Lipinski definition) is 4. The van der Waals surface area contributed by atoms with E-state index in [1.807, 2.05) is 6.07 Å². The second kappa shape index (κ2) is 7.33. The molecule has 2 aliphatic rings. The molecule has 0 spiro atoms. The summed E-state index contributed by atoms with van der Waals surface area (Å²) in [5, 5.41) is 0. The second-order valence-electron chi connectivity index (χ2n) is 10.1. The third kappa shape index (κ3) is 4.01. The molecule has 2 aromatic carbocycles. The number of anilines is 2. The average molecular weight is 396 g/mol. The number of nitrogens with zero attached hydrogens (tertiary/aromatic N) is 1. The fourth-order valence-electron chi connectivity index (χ4n) is 3.90. The topological polar surface area (TPSA) is 30.9 Å². The number of hydrogen-bond donors (Lipinski definition) is 0. The number of ether oxygens (including phenoxy) is 3. The van der Waals surface area contributed by atoms with Crippen LogP contribution in [-0.2, 0) is 20.3 Å². The van der Waals surface area contributed by atoms with Crippen LogP contribution >= 0.6 is 0 Å². The summed E-state index contributed by atoms with van der Waals surface area (Å²) in [5.41, 5.74) is 4.66. The van der Waals surface area contributed by atoms with E-state index in [9.17, 15) is 0 Å². The van der Waals surface area contributed by atoms with Crippen molar-refractivity contribution in [2.45, 2.75) is 71.3 Å². The fourth-order valence-corrected chi connectivity index (χ4v) is 3.90. The number of rotatable bonds is 3. The van der Waals surface area contributed by atoms with E-state index in [0.717, 1.165) is 30.2 Å². The number of benzene rings is 2. The lowest BCUT2D eigenvalue weighted by molar-refractivity contribution is -0.105. The fraction of sp³-hybridized carbons (Fsp3) is 0.520. The van der Waals surface area contributed by atoms with Gasteiger partial charge in [-0.1, -0.05) is 65.8 Å². The third-order valence-corrected chi connectivity index (χ3v) is 5.66. The van der Waals surface area contributed by atoms with Crippen LogP contribution in [0.15, 0.2) is 42.5 Å². The molecule has 2 aliphatic heterocycles. The number of fused-ring (bicyclic) bond motifs is 1. The quantitative estimate of drug-likeness (QED) is 0.647.